The van der Waals surface area contributed by atoms with Crippen molar-refractivity contribution in [1.82, 2.24) is 0 Å². The van der Waals surface area contributed by atoms with Crippen molar-refractivity contribution in [3.8, 4) is 5.75 Å². The Kier molecular flexibility index (Phi) is 5.00. The Morgan fingerprint density at radius 3 is 2.63 bits per heavy atom. The minimum atomic E-state index is 0.283. The van der Waals surface area contributed by atoms with Gasteiger partial charge in [-0.15, -0.1) is 0 Å². The summed E-state index contributed by atoms with van der Waals surface area (Å²) in [6.45, 7) is 1.98. The summed E-state index contributed by atoms with van der Waals surface area (Å²) < 4.78 is 5.17. The predicted octanol–water partition coefficient (Wildman–Crippen LogP) is 4.55. The van der Waals surface area contributed by atoms with Gasteiger partial charge >= 0.3 is 0 Å². The second kappa shape index (κ2) is 6.74. The normalized spacial score (nSPS) is 16.3. The van der Waals surface area contributed by atoms with Crippen LogP contribution in [0.3, 0.4) is 0 Å². The van der Waals surface area contributed by atoms with Gasteiger partial charge in [0, 0.05) is 12.0 Å². The van der Waals surface area contributed by atoms with Gasteiger partial charge in [-0.05, 0) is 43.0 Å². The third-order valence-corrected chi connectivity index (χ3v) is 4.24. The third kappa shape index (κ3) is 3.82. The molecule has 1 aromatic rings. The minimum Gasteiger partial charge on any atom is -0.497 e. The van der Waals surface area contributed by atoms with E-state index in [1.54, 1.807) is 7.11 Å². The summed E-state index contributed by atoms with van der Waals surface area (Å²) >= 11 is 0. The van der Waals surface area contributed by atoms with Crippen molar-refractivity contribution < 1.29 is 9.53 Å². The van der Waals surface area contributed by atoms with Crippen molar-refractivity contribution in [3.05, 3.63) is 29.3 Å². The largest absolute Gasteiger partial charge is 0.497 e. The lowest BCUT2D eigenvalue weighted by molar-refractivity contribution is 0.0969. The van der Waals surface area contributed by atoms with Gasteiger partial charge in [0.1, 0.15) is 5.75 Å². The molecule has 1 aliphatic rings. The minimum absolute atomic E-state index is 0.283. The maximum absolute atomic E-state index is 12.3. The summed E-state index contributed by atoms with van der Waals surface area (Å²) in [7, 11) is 1.65. The average molecular weight is 260 g/mol. The molecule has 0 radical (unpaired) electrons. The highest BCUT2D eigenvalue weighted by Gasteiger charge is 2.16. The highest BCUT2D eigenvalue weighted by atomic mass is 16.5. The van der Waals surface area contributed by atoms with Crippen molar-refractivity contribution in [1.29, 1.82) is 0 Å². The number of methoxy groups -OCH3 is 1. The number of rotatable bonds is 5. The molecule has 0 spiro atoms. The molecule has 0 aliphatic heterocycles. The number of Topliss-reactive ketones (excluding diaryl/α,β-unsaturated/α-hetero) is 1. The molecule has 1 aromatic carbocycles. The van der Waals surface area contributed by atoms with Crippen LogP contribution in [0.1, 0.15) is 60.9 Å². The maximum Gasteiger partial charge on any atom is 0.163 e. The van der Waals surface area contributed by atoms with E-state index in [9.17, 15) is 4.79 Å². The van der Waals surface area contributed by atoms with Gasteiger partial charge < -0.3 is 4.74 Å². The topological polar surface area (TPSA) is 26.3 Å². The molecular weight excluding hydrogens is 236 g/mol. The number of benzene rings is 1. The standard InChI is InChI=1S/C17H24O2/c1-13-12-15(19-2)9-10-16(13)17(18)11-8-14-6-4-3-5-7-14/h9-10,12,14H,3-8,11H2,1-2H3. The van der Waals surface area contributed by atoms with E-state index in [2.05, 4.69) is 0 Å². The Bertz CT molecular complexity index is 431. The summed E-state index contributed by atoms with van der Waals surface area (Å²) in [6, 6.07) is 5.71. The zero-order chi connectivity index (χ0) is 13.7. The van der Waals surface area contributed by atoms with Gasteiger partial charge in [-0.1, -0.05) is 32.1 Å². The monoisotopic (exact) mass is 260 g/mol. The van der Waals surface area contributed by atoms with Crippen LogP contribution < -0.4 is 4.74 Å². The lowest BCUT2D eigenvalue weighted by atomic mass is 9.85. The van der Waals surface area contributed by atoms with Gasteiger partial charge in [0.15, 0.2) is 5.78 Å². The molecule has 104 valence electrons. The number of aryl methyl sites for hydroxylation is 1. The van der Waals surface area contributed by atoms with Crippen LogP contribution >= 0.6 is 0 Å². The van der Waals surface area contributed by atoms with Gasteiger partial charge in [-0.3, -0.25) is 4.79 Å². The van der Waals surface area contributed by atoms with Crippen molar-refractivity contribution in [2.24, 2.45) is 5.92 Å². The van der Waals surface area contributed by atoms with Gasteiger partial charge in [0.25, 0.3) is 0 Å². The first kappa shape index (κ1) is 14.1. The molecule has 2 nitrogen and oxygen atoms in total. The summed E-state index contributed by atoms with van der Waals surface area (Å²) in [6.07, 6.45) is 8.45. The molecule has 2 heteroatoms. The molecule has 19 heavy (non-hydrogen) atoms. The van der Waals surface area contributed by atoms with Crippen LogP contribution in [0.25, 0.3) is 0 Å². The van der Waals surface area contributed by atoms with E-state index in [0.29, 0.717) is 6.42 Å². The molecule has 1 fully saturated rings. The third-order valence-electron chi connectivity index (χ3n) is 4.24. The van der Waals surface area contributed by atoms with Crippen molar-refractivity contribution >= 4 is 5.78 Å². The fourth-order valence-corrected chi connectivity index (χ4v) is 3.02. The Balaban J connectivity index is 1.92. The van der Waals surface area contributed by atoms with Crippen LogP contribution in [0.15, 0.2) is 18.2 Å². The molecule has 0 unspecified atom stereocenters. The Morgan fingerprint density at radius 2 is 2.00 bits per heavy atom. The SMILES string of the molecule is COc1ccc(C(=O)CCC2CCCCC2)c(C)c1. The number of hydrogen-bond donors (Lipinski definition) is 0. The first-order valence-corrected chi connectivity index (χ1v) is 7.38. The van der Waals surface area contributed by atoms with E-state index in [0.717, 1.165) is 29.2 Å². The zero-order valence-electron chi connectivity index (χ0n) is 12.1. The number of carbonyl (C=O) groups is 1. The fraction of sp³-hybridized carbons (Fsp3) is 0.588. The molecule has 0 saturated heterocycles. The van der Waals surface area contributed by atoms with Crippen LogP contribution in [0.4, 0.5) is 0 Å². The van der Waals surface area contributed by atoms with Gasteiger partial charge in [0.2, 0.25) is 0 Å². The first-order valence-electron chi connectivity index (χ1n) is 7.38. The number of hydrogen-bond acceptors (Lipinski definition) is 2. The molecular formula is C17H24O2. The first-order chi connectivity index (χ1) is 9.20. The predicted molar refractivity (Wildman–Crippen MR) is 77.9 cm³/mol. The Morgan fingerprint density at radius 1 is 1.26 bits per heavy atom. The van der Waals surface area contributed by atoms with Crippen LogP contribution in [-0.4, -0.2) is 12.9 Å². The fourth-order valence-electron chi connectivity index (χ4n) is 3.02. The van der Waals surface area contributed by atoms with Crippen LogP contribution in [0.5, 0.6) is 5.75 Å². The lowest BCUT2D eigenvalue weighted by Gasteiger charge is -2.21. The quantitative estimate of drug-likeness (QED) is 0.726. The smallest absolute Gasteiger partial charge is 0.163 e. The molecule has 1 aliphatic carbocycles. The van der Waals surface area contributed by atoms with Crippen LogP contribution in [-0.2, 0) is 0 Å². The van der Waals surface area contributed by atoms with E-state index in [-0.39, 0.29) is 5.78 Å². The molecule has 0 amide bonds. The number of ether oxygens (including phenoxy) is 1. The van der Waals surface area contributed by atoms with Crippen molar-refractivity contribution in [2.45, 2.75) is 51.9 Å². The Hall–Kier alpha value is -1.31. The molecule has 0 N–H and O–H groups in total. The van der Waals surface area contributed by atoms with E-state index in [1.807, 2.05) is 25.1 Å². The molecule has 0 bridgehead atoms. The lowest BCUT2D eigenvalue weighted by Crippen LogP contribution is -2.10. The van der Waals surface area contributed by atoms with Crippen molar-refractivity contribution in [3.63, 3.8) is 0 Å². The summed E-state index contributed by atoms with van der Waals surface area (Å²) in [5, 5.41) is 0. The summed E-state index contributed by atoms with van der Waals surface area (Å²) in [5.41, 5.74) is 1.88. The van der Waals surface area contributed by atoms with E-state index in [1.165, 1.54) is 32.1 Å². The molecule has 0 aromatic heterocycles. The second-order valence-electron chi connectivity index (χ2n) is 5.65. The van der Waals surface area contributed by atoms with E-state index < -0.39 is 0 Å². The van der Waals surface area contributed by atoms with Crippen molar-refractivity contribution in [2.75, 3.05) is 7.11 Å². The second-order valence-corrected chi connectivity index (χ2v) is 5.65. The summed E-state index contributed by atoms with van der Waals surface area (Å²) in [4.78, 5) is 12.3. The average Bonchev–Trinajstić information content (AvgIpc) is 2.45. The summed E-state index contributed by atoms with van der Waals surface area (Å²) in [5.74, 6) is 1.88. The Labute approximate surface area is 116 Å². The van der Waals surface area contributed by atoms with Gasteiger partial charge in [-0.25, -0.2) is 0 Å². The van der Waals surface area contributed by atoms with E-state index in [4.69, 9.17) is 4.74 Å². The highest BCUT2D eigenvalue weighted by molar-refractivity contribution is 5.97. The molecule has 2 rings (SSSR count). The number of carbonyl (C=O) groups excluding carboxylic acids is 1. The highest BCUT2D eigenvalue weighted by Crippen LogP contribution is 2.28. The molecule has 1 saturated carbocycles. The molecule has 0 atom stereocenters. The maximum atomic E-state index is 12.3. The van der Waals surface area contributed by atoms with Gasteiger partial charge in [-0.2, -0.15) is 0 Å². The number of ketones is 1. The van der Waals surface area contributed by atoms with E-state index >= 15 is 0 Å². The zero-order valence-corrected chi connectivity index (χ0v) is 12.1. The molecule has 0 heterocycles. The van der Waals surface area contributed by atoms with Gasteiger partial charge in [0.05, 0.1) is 7.11 Å². The van der Waals surface area contributed by atoms with Crippen LogP contribution in [0, 0.1) is 12.8 Å². The van der Waals surface area contributed by atoms with Crippen LogP contribution in [0.2, 0.25) is 0 Å².